The Bertz CT molecular complexity index is 1270. The zero-order valence-corrected chi connectivity index (χ0v) is 17.0. The molecule has 1 amide bonds. The van der Waals surface area contributed by atoms with E-state index in [0.29, 0.717) is 11.3 Å². The van der Waals surface area contributed by atoms with E-state index < -0.39 is 44.8 Å². The van der Waals surface area contributed by atoms with Gasteiger partial charge in [-0.15, -0.1) is 0 Å². The summed E-state index contributed by atoms with van der Waals surface area (Å²) in [6, 6.07) is 7.48. The zero-order chi connectivity index (χ0) is 22.3. The zero-order valence-electron chi connectivity index (χ0n) is 16.2. The van der Waals surface area contributed by atoms with Crippen LogP contribution in [-0.2, 0) is 10.0 Å². The van der Waals surface area contributed by atoms with Crippen LogP contribution in [0.25, 0.3) is 11.0 Å². The van der Waals surface area contributed by atoms with Gasteiger partial charge >= 0.3 is 12.5 Å². The predicted octanol–water partition coefficient (Wildman–Crippen LogP) is 3.81. The molecule has 0 atom stereocenters. The van der Waals surface area contributed by atoms with Gasteiger partial charge < -0.3 is 14.1 Å². The van der Waals surface area contributed by atoms with Crippen LogP contribution in [0.2, 0.25) is 0 Å². The molecule has 1 saturated heterocycles. The molecule has 0 aliphatic carbocycles. The lowest BCUT2D eigenvalue weighted by Gasteiger charge is -2.33. The number of carbonyl (C=O) groups is 1. The summed E-state index contributed by atoms with van der Waals surface area (Å²) < 4.78 is 76.4. The Morgan fingerprint density at radius 2 is 1.94 bits per heavy atom. The number of fused-ring (bicyclic) bond motifs is 1. The fraction of sp³-hybridized carbons (Fsp3) is 0.250. The second kappa shape index (κ2) is 7.80. The molecule has 1 N–H and O–H groups in total. The summed E-state index contributed by atoms with van der Waals surface area (Å²) in [6.45, 7) is -0.149. The van der Waals surface area contributed by atoms with E-state index in [-0.39, 0.29) is 11.0 Å². The van der Waals surface area contributed by atoms with E-state index in [1.165, 1.54) is 12.1 Å². The van der Waals surface area contributed by atoms with Crippen molar-refractivity contribution in [2.24, 2.45) is 0 Å². The number of benzene rings is 2. The van der Waals surface area contributed by atoms with Crippen LogP contribution >= 0.6 is 0 Å². The maximum Gasteiger partial charge on any atom is 0.387 e. The molecule has 2 heterocycles. The van der Waals surface area contributed by atoms with Crippen LogP contribution < -0.4 is 14.4 Å². The molecule has 0 radical (unpaired) electrons. The molecule has 2 aromatic carbocycles. The molecular formula is C20H17F3N2O5S. The Balaban J connectivity index is 1.63. The largest absolute Gasteiger partial charge is 0.451 e. The fourth-order valence-corrected chi connectivity index (χ4v) is 4.28. The third kappa shape index (κ3) is 4.18. The minimum atomic E-state index is -4.58. The summed E-state index contributed by atoms with van der Waals surface area (Å²) in [7, 11) is -4.58. The molecule has 4 rings (SSSR count). The highest BCUT2D eigenvalue weighted by molar-refractivity contribution is 7.90. The molecule has 1 aromatic heterocycles. The number of anilines is 1. The van der Waals surface area contributed by atoms with E-state index in [2.05, 4.69) is 4.74 Å². The molecule has 7 nitrogen and oxygen atoms in total. The molecule has 0 unspecified atom stereocenters. The van der Waals surface area contributed by atoms with Crippen LogP contribution in [0.4, 0.5) is 18.9 Å². The molecule has 31 heavy (non-hydrogen) atoms. The van der Waals surface area contributed by atoms with Gasteiger partial charge in [-0.2, -0.15) is 8.78 Å². The first kappa shape index (κ1) is 21.0. The number of nitrogens with zero attached hydrogens (tertiary/aromatic N) is 1. The summed E-state index contributed by atoms with van der Waals surface area (Å²) in [4.78, 5) is 13.8. The first-order valence-electron chi connectivity index (χ1n) is 9.25. The SMILES string of the molecule is Cc1ccc(S(=O)(=O)NC(=O)c2cc3c(F)cc(N4CCC4)cc3o2)c(OC(F)F)c1. The Morgan fingerprint density at radius 1 is 1.19 bits per heavy atom. The molecular weight excluding hydrogens is 437 g/mol. The number of alkyl halides is 2. The van der Waals surface area contributed by atoms with Gasteiger partial charge in [0.15, 0.2) is 5.76 Å². The third-order valence-corrected chi connectivity index (χ3v) is 6.22. The van der Waals surface area contributed by atoms with E-state index in [9.17, 15) is 26.4 Å². The van der Waals surface area contributed by atoms with Gasteiger partial charge in [-0.25, -0.2) is 17.5 Å². The van der Waals surface area contributed by atoms with Crippen molar-refractivity contribution in [3.63, 3.8) is 0 Å². The van der Waals surface area contributed by atoms with Crippen LogP contribution in [0.1, 0.15) is 22.5 Å². The van der Waals surface area contributed by atoms with Crippen molar-refractivity contribution in [3.05, 3.63) is 53.5 Å². The number of furan rings is 1. The molecule has 1 fully saturated rings. The minimum absolute atomic E-state index is 0.0175. The molecule has 0 bridgehead atoms. The number of sulfonamides is 1. The van der Waals surface area contributed by atoms with Crippen molar-refractivity contribution in [3.8, 4) is 5.75 Å². The Morgan fingerprint density at radius 3 is 2.58 bits per heavy atom. The lowest BCUT2D eigenvalue weighted by atomic mass is 10.1. The first-order valence-corrected chi connectivity index (χ1v) is 10.7. The second-order valence-electron chi connectivity index (χ2n) is 7.05. The molecule has 11 heteroatoms. The van der Waals surface area contributed by atoms with Crippen LogP contribution in [0.15, 0.2) is 45.7 Å². The summed E-state index contributed by atoms with van der Waals surface area (Å²) in [6.07, 6.45) is 0.986. The second-order valence-corrected chi connectivity index (χ2v) is 8.70. The quantitative estimate of drug-likeness (QED) is 0.609. The van der Waals surface area contributed by atoms with E-state index in [0.717, 1.165) is 37.7 Å². The summed E-state index contributed by atoms with van der Waals surface area (Å²) in [5, 5.41) is 0.0175. The highest BCUT2D eigenvalue weighted by atomic mass is 32.2. The number of halogens is 3. The first-order chi connectivity index (χ1) is 14.6. The molecule has 1 aliphatic heterocycles. The normalized spacial score (nSPS) is 14.0. The van der Waals surface area contributed by atoms with Crippen molar-refractivity contribution in [2.75, 3.05) is 18.0 Å². The van der Waals surface area contributed by atoms with Gasteiger partial charge in [0, 0.05) is 30.9 Å². The molecule has 0 spiro atoms. The number of amides is 1. The van der Waals surface area contributed by atoms with E-state index in [4.69, 9.17) is 4.42 Å². The number of hydrogen-bond acceptors (Lipinski definition) is 6. The van der Waals surface area contributed by atoms with Gasteiger partial charge in [0.2, 0.25) is 0 Å². The van der Waals surface area contributed by atoms with Gasteiger partial charge in [-0.3, -0.25) is 4.79 Å². The third-order valence-electron chi connectivity index (χ3n) is 4.85. The van der Waals surface area contributed by atoms with Crippen LogP contribution in [0.3, 0.4) is 0 Å². The summed E-state index contributed by atoms with van der Waals surface area (Å²) in [5.74, 6) is -2.84. The predicted molar refractivity (Wildman–Crippen MR) is 105 cm³/mol. The smallest absolute Gasteiger partial charge is 0.387 e. The molecule has 3 aromatic rings. The van der Waals surface area contributed by atoms with Crippen molar-refractivity contribution < 1.29 is 35.5 Å². The topological polar surface area (TPSA) is 88.9 Å². The minimum Gasteiger partial charge on any atom is -0.451 e. The number of carbonyl (C=O) groups excluding carboxylic acids is 1. The number of hydrogen-bond donors (Lipinski definition) is 1. The summed E-state index contributed by atoms with van der Waals surface area (Å²) >= 11 is 0. The molecule has 1 aliphatic rings. The number of rotatable bonds is 6. The number of ether oxygens (including phenoxy) is 1. The van der Waals surface area contributed by atoms with Gasteiger partial charge in [-0.05, 0) is 37.1 Å². The van der Waals surface area contributed by atoms with Crippen molar-refractivity contribution >= 4 is 32.6 Å². The van der Waals surface area contributed by atoms with Gasteiger partial charge in [0.1, 0.15) is 22.0 Å². The number of nitrogens with one attached hydrogen (secondary N) is 1. The monoisotopic (exact) mass is 454 g/mol. The van der Waals surface area contributed by atoms with Crippen molar-refractivity contribution in [1.82, 2.24) is 4.72 Å². The molecule has 0 saturated carbocycles. The Kier molecular flexibility index (Phi) is 5.29. The van der Waals surface area contributed by atoms with E-state index in [1.807, 2.05) is 4.90 Å². The van der Waals surface area contributed by atoms with E-state index >= 15 is 0 Å². The van der Waals surface area contributed by atoms with Gasteiger partial charge in [0.25, 0.3) is 10.0 Å². The van der Waals surface area contributed by atoms with Crippen molar-refractivity contribution in [1.29, 1.82) is 0 Å². The Labute approximate surface area is 175 Å². The Hall–Kier alpha value is -3.21. The number of aryl methyl sites for hydroxylation is 1. The van der Waals surface area contributed by atoms with Gasteiger partial charge in [0.05, 0.1) is 5.39 Å². The summed E-state index contributed by atoms with van der Waals surface area (Å²) in [5.41, 5.74) is 1.16. The lowest BCUT2D eigenvalue weighted by Crippen LogP contribution is -2.36. The average Bonchev–Trinajstić information content (AvgIpc) is 3.04. The van der Waals surface area contributed by atoms with Crippen LogP contribution in [0.5, 0.6) is 5.75 Å². The maximum absolute atomic E-state index is 14.4. The highest BCUT2D eigenvalue weighted by Crippen LogP contribution is 2.31. The standard InChI is InChI=1S/C20H17F3N2O5S/c1-11-3-4-18(16(7-11)30-20(22)23)31(27,28)24-19(26)17-10-13-14(21)8-12(9-15(13)29-17)25-5-2-6-25/h3-4,7-10,20H,2,5-6H2,1H3,(H,24,26). The highest BCUT2D eigenvalue weighted by Gasteiger charge is 2.27. The lowest BCUT2D eigenvalue weighted by molar-refractivity contribution is -0.0517. The van der Waals surface area contributed by atoms with Crippen molar-refractivity contribution in [2.45, 2.75) is 24.9 Å². The van der Waals surface area contributed by atoms with Gasteiger partial charge in [-0.1, -0.05) is 6.07 Å². The van der Waals surface area contributed by atoms with E-state index in [1.54, 1.807) is 17.7 Å². The fourth-order valence-electron chi connectivity index (χ4n) is 3.20. The molecule has 164 valence electrons. The average molecular weight is 454 g/mol. The maximum atomic E-state index is 14.4. The van der Waals surface area contributed by atoms with Crippen LogP contribution in [0, 0.1) is 12.7 Å². The van der Waals surface area contributed by atoms with Crippen LogP contribution in [-0.4, -0.2) is 34.0 Å².